The largest absolute Gasteiger partial charge is 0.497 e. The first-order chi connectivity index (χ1) is 14.7. The summed E-state index contributed by atoms with van der Waals surface area (Å²) in [5.74, 6) is 1.05. The number of nitrogen functional groups attached to an aromatic ring is 1. The Kier molecular flexibility index (Phi) is 5.41. The van der Waals surface area contributed by atoms with E-state index in [1.807, 2.05) is 12.1 Å². The molecule has 0 saturated heterocycles. The van der Waals surface area contributed by atoms with E-state index >= 15 is 0 Å². The summed E-state index contributed by atoms with van der Waals surface area (Å²) in [6.07, 6.45) is -2.66. The Morgan fingerprint density at radius 1 is 1.06 bits per heavy atom. The molecule has 0 radical (unpaired) electrons. The van der Waals surface area contributed by atoms with Gasteiger partial charge in [0.1, 0.15) is 23.6 Å². The fourth-order valence-electron chi connectivity index (χ4n) is 2.58. The Morgan fingerprint density at radius 3 is 2.48 bits per heavy atom. The predicted octanol–water partition coefficient (Wildman–Crippen LogP) is 5.23. The van der Waals surface area contributed by atoms with Gasteiger partial charge in [0.2, 0.25) is 0 Å². The number of thiazole rings is 1. The number of ether oxygens (including phenoxy) is 1. The molecule has 4 N–H and O–H groups in total. The zero-order chi connectivity index (χ0) is 22.2. The van der Waals surface area contributed by atoms with Crippen LogP contribution in [0, 0.1) is 0 Å². The Morgan fingerprint density at radius 2 is 1.81 bits per heavy atom. The number of hydrogen-bond acceptors (Lipinski definition) is 9. The average molecular weight is 468 g/mol. The summed E-state index contributed by atoms with van der Waals surface area (Å²) in [5.41, 5.74) is 6.03. The number of alkyl halides is 3. The Hall–Kier alpha value is -3.38. The number of rotatable bonds is 5. The van der Waals surface area contributed by atoms with E-state index in [4.69, 9.17) is 22.1 Å². The van der Waals surface area contributed by atoms with Gasteiger partial charge >= 0.3 is 6.18 Å². The monoisotopic (exact) mass is 467 g/mol. The molecule has 0 saturated carbocycles. The van der Waals surface area contributed by atoms with Crippen LogP contribution in [-0.4, -0.2) is 27.0 Å². The number of pyridine rings is 1. The number of nitrogens with two attached hydrogens (primary N) is 1. The standard InChI is InChI=1S/C18H13ClF3N7OS/c1-30-9-2-3-11-12(5-9)31-17(27-11)29-16-13(23)15(25-7-26-16)28-14-10(19)4-8(6-24-14)18(20,21)22/h2-7H,23H2,1H3,(H2,24,25,26,27,28,29). The average Bonchev–Trinajstić information content (AvgIpc) is 3.13. The van der Waals surface area contributed by atoms with E-state index in [1.54, 1.807) is 13.2 Å². The third-order valence-corrected chi connectivity index (χ3v) is 5.33. The van der Waals surface area contributed by atoms with Crippen LogP contribution in [-0.2, 0) is 6.18 Å². The highest BCUT2D eigenvalue weighted by atomic mass is 35.5. The van der Waals surface area contributed by atoms with Gasteiger partial charge in [-0.3, -0.25) is 0 Å². The van der Waals surface area contributed by atoms with Crippen LogP contribution in [0.5, 0.6) is 5.75 Å². The maximum atomic E-state index is 12.8. The molecule has 13 heteroatoms. The topological polar surface area (TPSA) is 111 Å². The lowest BCUT2D eigenvalue weighted by molar-refractivity contribution is -0.137. The van der Waals surface area contributed by atoms with E-state index in [9.17, 15) is 13.2 Å². The van der Waals surface area contributed by atoms with Crippen LogP contribution in [0.1, 0.15) is 5.56 Å². The first kappa shape index (κ1) is 20.9. The Balaban J connectivity index is 1.59. The van der Waals surface area contributed by atoms with Crippen LogP contribution in [0.25, 0.3) is 10.2 Å². The number of hydrogen-bond donors (Lipinski definition) is 3. The summed E-state index contributed by atoms with van der Waals surface area (Å²) in [5, 5.41) is 6.04. The van der Waals surface area contributed by atoms with Crippen molar-refractivity contribution in [3.8, 4) is 5.75 Å². The van der Waals surface area contributed by atoms with Crippen LogP contribution in [0.4, 0.5) is 41.4 Å². The fraction of sp³-hybridized carbons (Fsp3) is 0.111. The van der Waals surface area contributed by atoms with E-state index in [0.29, 0.717) is 17.1 Å². The van der Waals surface area contributed by atoms with Gasteiger partial charge in [0.05, 0.1) is 27.9 Å². The van der Waals surface area contributed by atoms with Crippen molar-refractivity contribution < 1.29 is 17.9 Å². The van der Waals surface area contributed by atoms with Crippen LogP contribution in [0.3, 0.4) is 0 Å². The zero-order valence-electron chi connectivity index (χ0n) is 15.7. The second-order valence-electron chi connectivity index (χ2n) is 6.14. The number of aromatic nitrogens is 4. The Labute approximate surface area is 182 Å². The SMILES string of the molecule is COc1ccc2nc(Nc3ncnc(Nc4ncc(C(F)(F)F)cc4Cl)c3N)sc2c1. The number of methoxy groups -OCH3 is 1. The number of anilines is 5. The summed E-state index contributed by atoms with van der Waals surface area (Å²) in [4.78, 5) is 16.3. The van der Waals surface area contributed by atoms with E-state index in [2.05, 4.69) is 30.6 Å². The van der Waals surface area contributed by atoms with Gasteiger partial charge in [0, 0.05) is 6.20 Å². The molecule has 160 valence electrons. The molecule has 0 aliphatic rings. The normalized spacial score (nSPS) is 11.5. The lowest BCUT2D eigenvalue weighted by Gasteiger charge is -2.13. The van der Waals surface area contributed by atoms with Crippen molar-refractivity contribution in [1.29, 1.82) is 0 Å². The van der Waals surface area contributed by atoms with Crippen molar-refractivity contribution in [2.75, 3.05) is 23.5 Å². The molecule has 31 heavy (non-hydrogen) atoms. The van der Waals surface area contributed by atoms with Crippen LogP contribution < -0.4 is 21.1 Å². The third-order valence-electron chi connectivity index (χ3n) is 4.11. The van der Waals surface area contributed by atoms with Gasteiger partial charge in [-0.1, -0.05) is 22.9 Å². The number of fused-ring (bicyclic) bond motifs is 1. The predicted molar refractivity (Wildman–Crippen MR) is 113 cm³/mol. The van der Waals surface area contributed by atoms with Gasteiger partial charge in [0.25, 0.3) is 0 Å². The summed E-state index contributed by atoms with van der Waals surface area (Å²) >= 11 is 7.30. The summed E-state index contributed by atoms with van der Waals surface area (Å²) in [6.45, 7) is 0. The highest BCUT2D eigenvalue weighted by molar-refractivity contribution is 7.22. The van der Waals surface area contributed by atoms with Crippen LogP contribution in [0.2, 0.25) is 5.02 Å². The van der Waals surface area contributed by atoms with Gasteiger partial charge in [-0.05, 0) is 24.3 Å². The van der Waals surface area contributed by atoms with Gasteiger partial charge in [0.15, 0.2) is 16.8 Å². The van der Waals surface area contributed by atoms with Gasteiger partial charge in [-0.2, -0.15) is 13.2 Å². The lowest BCUT2D eigenvalue weighted by atomic mass is 10.3. The summed E-state index contributed by atoms with van der Waals surface area (Å²) in [7, 11) is 1.58. The van der Waals surface area contributed by atoms with Crippen LogP contribution in [0.15, 0.2) is 36.8 Å². The molecule has 8 nitrogen and oxygen atoms in total. The van der Waals surface area contributed by atoms with Crippen LogP contribution >= 0.6 is 22.9 Å². The molecule has 0 spiro atoms. The van der Waals surface area contributed by atoms with Crippen molar-refractivity contribution in [1.82, 2.24) is 19.9 Å². The minimum absolute atomic E-state index is 0.0295. The summed E-state index contributed by atoms with van der Waals surface area (Å²) < 4.78 is 44.5. The molecule has 0 unspecified atom stereocenters. The number of halogens is 4. The van der Waals surface area contributed by atoms with Gasteiger partial charge in [-0.25, -0.2) is 19.9 Å². The van der Waals surface area contributed by atoms with Crippen molar-refractivity contribution in [3.05, 3.63) is 47.4 Å². The van der Waals surface area contributed by atoms with E-state index < -0.39 is 11.7 Å². The molecule has 0 aliphatic carbocycles. The highest BCUT2D eigenvalue weighted by Crippen LogP contribution is 2.36. The molecule has 0 bridgehead atoms. The van der Waals surface area contributed by atoms with E-state index in [0.717, 1.165) is 16.3 Å². The number of benzene rings is 1. The molecular weight excluding hydrogens is 455 g/mol. The first-order valence-electron chi connectivity index (χ1n) is 8.56. The second-order valence-corrected chi connectivity index (χ2v) is 7.58. The minimum atomic E-state index is -4.55. The van der Waals surface area contributed by atoms with E-state index in [1.165, 1.54) is 17.7 Å². The molecular formula is C18H13ClF3N7OS. The molecule has 3 heterocycles. The number of nitrogens with zero attached hydrogens (tertiary/aromatic N) is 4. The second kappa shape index (κ2) is 8.04. The fourth-order valence-corrected chi connectivity index (χ4v) is 3.69. The smallest absolute Gasteiger partial charge is 0.417 e. The third kappa shape index (κ3) is 4.39. The molecule has 4 aromatic rings. The van der Waals surface area contributed by atoms with Gasteiger partial charge in [-0.15, -0.1) is 0 Å². The molecule has 0 fully saturated rings. The maximum absolute atomic E-state index is 12.8. The maximum Gasteiger partial charge on any atom is 0.417 e. The van der Waals surface area contributed by atoms with Crippen molar-refractivity contribution >= 4 is 61.4 Å². The quantitative estimate of drug-likeness (QED) is 0.366. The molecule has 0 atom stereocenters. The van der Waals surface area contributed by atoms with Crippen molar-refractivity contribution in [2.24, 2.45) is 0 Å². The minimum Gasteiger partial charge on any atom is -0.497 e. The van der Waals surface area contributed by atoms with Crippen molar-refractivity contribution in [2.45, 2.75) is 6.18 Å². The summed E-state index contributed by atoms with van der Waals surface area (Å²) in [6, 6.07) is 6.24. The molecule has 0 amide bonds. The van der Waals surface area contributed by atoms with Crippen molar-refractivity contribution in [3.63, 3.8) is 0 Å². The zero-order valence-corrected chi connectivity index (χ0v) is 17.2. The number of nitrogens with one attached hydrogen (secondary N) is 2. The molecule has 1 aromatic carbocycles. The van der Waals surface area contributed by atoms with E-state index in [-0.39, 0.29) is 28.2 Å². The lowest BCUT2D eigenvalue weighted by Crippen LogP contribution is -2.08. The molecule has 4 rings (SSSR count). The molecule has 3 aromatic heterocycles. The molecule has 0 aliphatic heterocycles. The highest BCUT2D eigenvalue weighted by Gasteiger charge is 2.31. The first-order valence-corrected chi connectivity index (χ1v) is 9.76. The Bertz CT molecular complexity index is 1260. The van der Waals surface area contributed by atoms with Gasteiger partial charge < -0.3 is 21.1 Å².